The number of nitrogens with two attached hydrogens (primary N) is 1. The van der Waals surface area contributed by atoms with Crippen LogP contribution in [0.25, 0.3) is 0 Å². The minimum absolute atomic E-state index is 0.127. The van der Waals surface area contributed by atoms with Crippen molar-refractivity contribution in [3.63, 3.8) is 0 Å². The van der Waals surface area contributed by atoms with Crippen LogP contribution < -0.4 is 11.1 Å². The van der Waals surface area contributed by atoms with E-state index in [1.807, 2.05) is 12.1 Å². The van der Waals surface area contributed by atoms with Crippen molar-refractivity contribution >= 4 is 23.1 Å². The summed E-state index contributed by atoms with van der Waals surface area (Å²) in [5.74, 6) is -0.570. The molecule has 0 saturated heterocycles. The van der Waals surface area contributed by atoms with Gasteiger partial charge in [-0.25, -0.2) is 4.39 Å². The molecule has 0 spiro atoms. The van der Waals surface area contributed by atoms with Crippen molar-refractivity contribution < 1.29 is 9.60 Å². The molecule has 0 unspecified atom stereocenters. The van der Waals surface area contributed by atoms with Crippen LogP contribution in [-0.2, 0) is 6.54 Å². The van der Waals surface area contributed by atoms with E-state index in [1.165, 1.54) is 12.1 Å². The molecule has 0 radical (unpaired) electrons. The van der Waals surface area contributed by atoms with E-state index in [4.69, 9.17) is 22.5 Å². The van der Waals surface area contributed by atoms with E-state index in [9.17, 15) is 4.39 Å². The molecule has 4 nitrogen and oxygen atoms in total. The zero-order valence-corrected chi connectivity index (χ0v) is 11.2. The average molecular weight is 294 g/mol. The van der Waals surface area contributed by atoms with Crippen LogP contribution in [-0.4, -0.2) is 11.0 Å². The van der Waals surface area contributed by atoms with E-state index in [-0.39, 0.29) is 5.84 Å². The number of nitrogens with one attached hydrogen (secondary N) is 1. The number of benzene rings is 2. The normalized spacial score (nSPS) is 11.4. The Bertz CT molecular complexity index is 629. The SMILES string of the molecule is NC(=NO)c1cc(F)ccc1CNc1ccc(Cl)cc1. The number of anilines is 1. The largest absolute Gasteiger partial charge is 0.409 e. The van der Waals surface area contributed by atoms with Gasteiger partial charge in [0, 0.05) is 22.8 Å². The van der Waals surface area contributed by atoms with Crippen molar-refractivity contribution in [3.8, 4) is 0 Å². The molecule has 0 saturated carbocycles. The van der Waals surface area contributed by atoms with E-state index in [0.717, 1.165) is 11.3 Å². The first kappa shape index (κ1) is 14.1. The maximum Gasteiger partial charge on any atom is 0.170 e. The molecule has 20 heavy (non-hydrogen) atoms. The van der Waals surface area contributed by atoms with E-state index < -0.39 is 5.82 Å². The molecular weight excluding hydrogens is 281 g/mol. The smallest absolute Gasteiger partial charge is 0.170 e. The van der Waals surface area contributed by atoms with Gasteiger partial charge in [0.15, 0.2) is 5.84 Å². The Morgan fingerprint density at radius 1 is 1.25 bits per heavy atom. The number of halogens is 2. The van der Waals surface area contributed by atoms with Gasteiger partial charge in [-0.05, 0) is 42.0 Å². The zero-order chi connectivity index (χ0) is 14.5. The summed E-state index contributed by atoms with van der Waals surface area (Å²) in [4.78, 5) is 0. The topological polar surface area (TPSA) is 70.6 Å². The molecule has 0 aliphatic carbocycles. The molecule has 0 amide bonds. The van der Waals surface area contributed by atoms with Crippen LogP contribution in [0.5, 0.6) is 0 Å². The Morgan fingerprint density at radius 2 is 1.95 bits per heavy atom. The van der Waals surface area contributed by atoms with Crippen molar-refractivity contribution in [2.24, 2.45) is 10.9 Å². The summed E-state index contributed by atoms with van der Waals surface area (Å²) in [6.45, 7) is 0.410. The van der Waals surface area contributed by atoms with E-state index >= 15 is 0 Å². The van der Waals surface area contributed by atoms with Crippen LogP contribution >= 0.6 is 11.6 Å². The minimum atomic E-state index is -0.443. The Labute approximate surface area is 120 Å². The summed E-state index contributed by atoms with van der Waals surface area (Å²) in [7, 11) is 0. The molecule has 2 rings (SSSR count). The van der Waals surface area contributed by atoms with Gasteiger partial charge in [-0.1, -0.05) is 22.8 Å². The lowest BCUT2D eigenvalue weighted by molar-refractivity contribution is 0.318. The van der Waals surface area contributed by atoms with Crippen LogP contribution in [0.2, 0.25) is 5.02 Å². The highest BCUT2D eigenvalue weighted by molar-refractivity contribution is 6.30. The highest BCUT2D eigenvalue weighted by atomic mass is 35.5. The lowest BCUT2D eigenvalue weighted by Gasteiger charge is -2.11. The van der Waals surface area contributed by atoms with E-state index in [0.29, 0.717) is 17.1 Å². The highest BCUT2D eigenvalue weighted by Crippen LogP contribution is 2.16. The Kier molecular flexibility index (Phi) is 4.42. The van der Waals surface area contributed by atoms with Gasteiger partial charge in [-0.2, -0.15) is 0 Å². The fourth-order valence-electron chi connectivity index (χ4n) is 1.76. The fraction of sp³-hybridized carbons (Fsp3) is 0.0714. The molecule has 0 bridgehead atoms. The van der Waals surface area contributed by atoms with Gasteiger partial charge in [0.1, 0.15) is 5.82 Å². The van der Waals surface area contributed by atoms with Crippen molar-refractivity contribution in [1.82, 2.24) is 0 Å². The summed E-state index contributed by atoms with van der Waals surface area (Å²) in [6.07, 6.45) is 0. The van der Waals surface area contributed by atoms with Gasteiger partial charge in [-0.3, -0.25) is 0 Å². The third kappa shape index (κ3) is 3.39. The van der Waals surface area contributed by atoms with Crippen LogP contribution in [0.15, 0.2) is 47.6 Å². The van der Waals surface area contributed by atoms with Crippen LogP contribution in [0.3, 0.4) is 0 Å². The summed E-state index contributed by atoms with van der Waals surface area (Å²) in [6, 6.07) is 11.3. The first-order valence-electron chi connectivity index (χ1n) is 5.86. The summed E-state index contributed by atoms with van der Waals surface area (Å²) in [5.41, 5.74) is 7.48. The molecular formula is C14H13ClFN3O. The third-order valence-electron chi connectivity index (χ3n) is 2.78. The van der Waals surface area contributed by atoms with Gasteiger partial charge < -0.3 is 16.3 Å². The second kappa shape index (κ2) is 6.25. The Morgan fingerprint density at radius 3 is 2.60 bits per heavy atom. The van der Waals surface area contributed by atoms with Crippen LogP contribution in [0.4, 0.5) is 10.1 Å². The minimum Gasteiger partial charge on any atom is -0.409 e. The molecule has 0 aromatic heterocycles. The average Bonchev–Trinajstić information content (AvgIpc) is 2.46. The maximum atomic E-state index is 13.2. The third-order valence-corrected chi connectivity index (χ3v) is 3.03. The first-order chi connectivity index (χ1) is 9.60. The summed E-state index contributed by atoms with van der Waals surface area (Å²) in [5, 5.41) is 15.4. The van der Waals surface area contributed by atoms with Crippen molar-refractivity contribution in [2.45, 2.75) is 6.54 Å². The highest BCUT2D eigenvalue weighted by Gasteiger charge is 2.08. The molecule has 2 aromatic rings. The standard InChI is InChI=1S/C14H13ClFN3O/c15-10-2-5-12(6-3-10)18-8-9-1-4-11(16)7-13(9)14(17)19-20/h1-7,18,20H,8H2,(H2,17,19). The second-order valence-corrected chi connectivity index (χ2v) is 4.58. The molecule has 0 aliphatic rings. The van der Waals surface area contributed by atoms with E-state index in [2.05, 4.69) is 10.5 Å². The second-order valence-electron chi connectivity index (χ2n) is 4.15. The van der Waals surface area contributed by atoms with Gasteiger partial charge >= 0.3 is 0 Å². The van der Waals surface area contributed by atoms with Gasteiger partial charge in [0.05, 0.1) is 0 Å². The number of amidine groups is 1. The lowest BCUT2D eigenvalue weighted by atomic mass is 10.1. The first-order valence-corrected chi connectivity index (χ1v) is 6.23. The van der Waals surface area contributed by atoms with Crippen LogP contribution in [0, 0.1) is 5.82 Å². The summed E-state index contributed by atoms with van der Waals surface area (Å²) >= 11 is 5.80. The number of nitrogens with zero attached hydrogens (tertiary/aromatic N) is 1. The molecule has 0 aliphatic heterocycles. The molecule has 0 heterocycles. The lowest BCUT2D eigenvalue weighted by Crippen LogP contribution is -2.17. The molecule has 4 N–H and O–H groups in total. The fourth-order valence-corrected chi connectivity index (χ4v) is 1.89. The zero-order valence-electron chi connectivity index (χ0n) is 10.5. The van der Waals surface area contributed by atoms with Gasteiger partial charge in [-0.15, -0.1) is 0 Å². The van der Waals surface area contributed by atoms with E-state index in [1.54, 1.807) is 18.2 Å². The number of hydrogen-bond acceptors (Lipinski definition) is 3. The monoisotopic (exact) mass is 293 g/mol. The molecule has 0 atom stereocenters. The number of rotatable bonds is 4. The molecule has 104 valence electrons. The Hall–Kier alpha value is -2.27. The number of oxime groups is 1. The Balaban J connectivity index is 2.19. The predicted molar refractivity (Wildman–Crippen MR) is 77.7 cm³/mol. The van der Waals surface area contributed by atoms with Crippen LogP contribution in [0.1, 0.15) is 11.1 Å². The quantitative estimate of drug-likeness (QED) is 0.351. The van der Waals surface area contributed by atoms with Gasteiger partial charge in [0.25, 0.3) is 0 Å². The number of hydrogen-bond donors (Lipinski definition) is 3. The summed E-state index contributed by atoms with van der Waals surface area (Å²) < 4.78 is 13.2. The predicted octanol–water partition coefficient (Wildman–Crippen LogP) is 3.19. The maximum absolute atomic E-state index is 13.2. The molecule has 0 fully saturated rings. The molecule has 2 aromatic carbocycles. The molecule has 6 heteroatoms. The van der Waals surface area contributed by atoms with Crippen molar-refractivity contribution in [3.05, 3.63) is 64.4 Å². The van der Waals surface area contributed by atoms with Gasteiger partial charge in [0.2, 0.25) is 0 Å². The van der Waals surface area contributed by atoms with Crippen molar-refractivity contribution in [2.75, 3.05) is 5.32 Å². The van der Waals surface area contributed by atoms with Crippen molar-refractivity contribution in [1.29, 1.82) is 0 Å².